The van der Waals surface area contributed by atoms with Crippen LogP contribution in [0.15, 0.2) is 36.4 Å². The summed E-state index contributed by atoms with van der Waals surface area (Å²) in [6, 6.07) is 13.3. The third-order valence-electron chi connectivity index (χ3n) is 6.51. The number of methoxy groups -OCH3 is 2. The molecule has 34 heavy (non-hydrogen) atoms. The van der Waals surface area contributed by atoms with E-state index in [4.69, 9.17) is 19.5 Å². The molecular weight excluding hydrogens is 454 g/mol. The summed E-state index contributed by atoms with van der Waals surface area (Å²) in [6.45, 7) is 4.25. The summed E-state index contributed by atoms with van der Waals surface area (Å²) in [6.07, 6.45) is 3.87. The maximum absolute atomic E-state index is 13.3. The summed E-state index contributed by atoms with van der Waals surface area (Å²) in [5.74, 6) is 2.15. The summed E-state index contributed by atoms with van der Waals surface area (Å²) in [4.78, 5) is 17.8. The number of fused-ring (bicyclic) bond motifs is 1. The smallest absolute Gasteiger partial charge is 0.254 e. The minimum absolute atomic E-state index is 0. The van der Waals surface area contributed by atoms with Gasteiger partial charge in [0, 0.05) is 31.2 Å². The van der Waals surface area contributed by atoms with Crippen LogP contribution >= 0.6 is 12.4 Å². The topological polar surface area (TPSA) is 75.0 Å². The number of rotatable bonds is 8. The molecule has 0 bridgehead atoms. The van der Waals surface area contributed by atoms with Crippen molar-refractivity contribution in [1.82, 2.24) is 9.80 Å². The number of amides is 1. The number of likely N-dealkylation sites (tertiary alicyclic amines) is 1. The van der Waals surface area contributed by atoms with Crippen LogP contribution in [0.5, 0.6) is 17.2 Å². The van der Waals surface area contributed by atoms with Crippen molar-refractivity contribution in [1.29, 1.82) is 5.26 Å². The third-order valence-corrected chi connectivity index (χ3v) is 6.51. The molecule has 1 atom stereocenters. The maximum atomic E-state index is 13.3. The molecule has 1 amide bonds. The zero-order chi connectivity index (χ0) is 23.2. The minimum atomic E-state index is 0. The Balaban J connectivity index is 0.00000324. The normalized spacial score (nSPS) is 17.9. The Kier molecular flexibility index (Phi) is 9.03. The predicted octanol–water partition coefficient (Wildman–Crippen LogP) is 3.93. The number of hydrogen-bond acceptors (Lipinski definition) is 6. The fraction of sp³-hybridized carbons (Fsp3) is 0.462. The van der Waals surface area contributed by atoms with Gasteiger partial charge in [-0.2, -0.15) is 5.26 Å². The fourth-order valence-electron chi connectivity index (χ4n) is 4.77. The highest BCUT2D eigenvalue weighted by Gasteiger charge is 2.33. The van der Waals surface area contributed by atoms with Crippen molar-refractivity contribution >= 4 is 18.3 Å². The van der Waals surface area contributed by atoms with Crippen molar-refractivity contribution in [2.75, 3.05) is 47.0 Å². The van der Waals surface area contributed by atoms with E-state index in [-0.39, 0.29) is 24.4 Å². The summed E-state index contributed by atoms with van der Waals surface area (Å²) in [5.41, 5.74) is 2.39. The van der Waals surface area contributed by atoms with E-state index in [1.54, 1.807) is 26.4 Å². The molecule has 1 saturated heterocycles. The first-order valence-electron chi connectivity index (χ1n) is 11.5. The van der Waals surface area contributed by atoms with E-state index in [1.165, 1.54) is 0 Å². The second kappa shape index (κ2) is 12.0. The number of carbonyl (C=O) groups excluding carboxylic acids is 1. The molecule has 2 heterocycles. The number of nitriles is 1. The van der Waals surface area contributed by atoms with Gasteiger partial charge in [-0.3, -0.25) is 4.79 Å². The number of carbonyl (C=O) groups is 1. The van der Waals surface area contributed by atoms with Crippen molar-refractivity contribution in [2.24, 2.45) is 0 Å². The van der Waals surface area contributed by atoms with Crippen LogP contribution in [-0.4, -0.2) is 68.8 Å². The molecule has 2 aliphatic rings. The standard InChI is InChI=1S/C26H31N3O4.ClH/c1-31-24-15-20-10-13-29(26(30)23(20)16-25(24)32-2)21-5-3-11-28(18-21)12-4-14-33-22-8-6-19(17-27)7-9-22;/h6-9,15-16,21H,3-5,10-14,18H2,1-2H3;1H. The lowest BCUT2D eigenvalue weighted by Gasteiger charge is -2.41. The molecule has 0 radical (unpaired) electrons. The summed E-state index contributed by atoms with van der Waals surface area (Å²) >= 11 is 0. The summed E-state index contributed by atoms with van der Waals surface area (Å²) in [5, 5.41) is 8.88. The number of benzene rings is 2. The molecule has 0 aromatic heterocycles. The lowest BCUT2D eigenvalue weighted by Crippen LogP contribution is -2.52. The van der Waals surface area contributed by atoms with Gasteiger partial charge in [-0.05, 0) is 74.2 Å². The van der Waals surface area contributed by atoms with Gasteiger partial charge in [-0.15, -0.1) is 12.4 Å². The van der Waals surface area contributed by atoms with E-state index in [9.17, 15) is 4.79 Å². The van der Waals surface area contributed by atoms with Crippen molar-refractivity contribution in [3.8, 4) is 23.3 Å². The Bertz CT molecular complexity index is 1020. The maximum Gasteiger partial charge on any atom is 0.254 e. The van der Waals surface area contributed by atoms with Gasteiger partial charge in [-0.1, -0.05) is 0 Å². The zero-order valence-corrected chi connectivity index (χ0v) is 20.6. The molecule has 8 heteroatoms. The molecule has 4 rings (SSSR count). The number of hydrogen-bond donors (Lipinski definition) is 0. The summed E-state index contributed by atoms with van der Waals surface area (Å²) < 4.78 is 16.6. The molecule has 0 N–H and O–H groups in total. The first-order chi connectivity index (χ1) is 16.1. The van der Waals surface area contributed by atoms with Gasteiger partial charge in [0.2, 0.25) is 0 Å². The van der Waals surface area contributed by atoms with Crippen LogP contribution in [0, 0.1) is 11.3 Å². The molecule has 0 aliphatic carbocycles. The molecule has 2 aliphatic heterocycles. The van der Waals surface area contributed by atoms with Gasteiger partial charge in [0.25, 0.3) is 5.91 Å². The van der Waals surface area contributed by atoms with Crippen molar-refractivity contribution in [3.63, 3.8) is 0 Å². The van der Waals surface area contributed by atoms with Gasteiger partial charge in [0.1, 0.15) is 5.75 Å². The average Bonchev–Trinajstić information content (AvgIpc) is 2.86. The Labute approximate surface area is 207 Å². The number of piperidine rings is 1. The van der Waals surface area contributed by atoms with Gasteiger partial charge in [-0.25, -0.2) is 0 Å². The molecule has 2 aromatic rings. The van der Waals surface area contributed by atoms with E-state index in [1.807, 2.05) is 29.2 Å². The van der Waals surface area contributed by atoms with Crippen LogP contribution < -0.4 is 14.2 Å². The van der Waals surface area contributed by atoms with E-state index >= 15 is 0 Å². The minimum Gasteiger partial charge on any atom is -0.494 e. The third kappa shape index (κ3) is 5.75. The van der Waals surface area contributed by atoms with E-state index in [0.717, 1.165) is 68.7 Å². The highest BCUT2D eigenvalue weighted by atomic mass is 35.5. The van der Waals surface area contributed by atoms with Gasteiger partial charge in [0.05, 0.1) is 32.5 Å². The van der Waals surface area contributed by atoms with E-state index < -0.39 is 0 Å². The largest absolute Gasteiger partial charge is 0.494 e. The van der Waals surface area contributed by atoms with Gasteiger partial charge >= 0.3 is 0 Å². The Hall–Kier alpha value is -2.95. The van der Waals surface area contributed by atoms with Crippen molar-refractivity contribution in [3.05, 3.63) is 53.1 Å². The number of nitrogens with zero attached hydrogens (tertiary/aromatic N) is 3. The lowest BCUT2D eigenvalue weighted by atomic mass is 9.94. The number of halogens is 1. The second-order valence-electron chi connectivity index (χ2n) is 8.55. The Morgan fingerprint density at radius 3 is 2.53 bits per heavy atom. The Morgan fingerprint density at radius 1 is 1.09 bits per heavy atom. The molecular formula is C26H32ClN3O4. The molecule has 182 valence electrons. The SMILES string of the molecule is COc1cc2c(cc1OC)C(=O)N(C1CCCN(CCCOc3ccc(C#N)cc3)C1)CC2.Cl. The van der Waals surface area contributed by atoms with Gasteiger partial charge in [0.15, 0.2) is 11.5 Å². The fourth-order valence-corrected chi connectivity index (χ4v) is 4.77. The van der Waals surface area contributed by atoms with E-state index in [0.29, 0.717) is 23.7 Å². The molecule has 2 aromatic carbocycles. The highest BCUT2D eigenvalue weighted by Crippen LogP contribution is 2.34. The molecule has 1 unspecified atom stereocenters. The Morgan fingerprint density at radius 2 is 1.82 bits per heavy atom. The van der Waals surface area contributed by atoms with Crippen LogP contribution in [0.1, 0.15) is 40.7 Å². The van der Waals surface area contributed by atoms with Crippen molar-refractivity contribution in [2.45, 2.75) is 31.7 Å². The highest BCUT2D eigenvalue weighted by molar-refractivity contribution is 5.97. The molecule has 0 saturated carbocycles. The van der Waals surface area contributed by atoms with Crippen LogP contribution in [0.4, 0.5) is 0 Å². The van der Waals surface area contributed by atoms with Crippen LogP contribution in [0.2, 0.25) is 0 Å². The van der Waals surface area contributed by atoms with Crippen LogP contribution in [0.25, 0.3) is 0 Å². The second-order valence-corrected chi connectivity index (χ2v) is 8.55. The molecule has 1 fully saturated rings. The summed E-state index contributed by atoms with van der Waals surface area (Å²) in [7, 11) is 3.21. The molecule has 7 nitrogen and oxygen atoms in total. The van der Waals surface area contributed by atoms with Crippen LogP contribution in [-0.2, 0) is 6.42 Å². The molecule has 0 spiro atoms. The predicted molar refractivity (Wildman–Crippen MR) is 132 cm³/mol. The lowest BCUT2D eigenvalue weighted by molar-refractivity contribution is 0.0517. The van der Waals surface area contributed by atoms with Crippen molar-refractivity contribution < 1.29 is 19.0 Å². The first kappa shape index (κ1) is 25.7. The monoisotopic (exact) mass is 485 g/mol. The zero-order valence-electron chi connectivity index (χ0n) is 19.8. The van der Waals surface area contributed by atoms with Crippen LogP contribution in [0.3, 0.4) is 0 Å². The average molecular weight is 486 g/mol. The van der Waals surface area contributed by atoms with Gasteiger partial charge < -0.3 is 24.0 Å². The van der Waals surface area contributed by atoms with E-state index in [2.05, 4.69) is 11.0 Å². The first-order valence-corrected chi connectivity index (χ1v) is 11.5. The number of ether oxygens (including phenoxy) is 3. The quantitative estimate of drug-likeness (QED) is 0.527.